The molecule has 0 saturated carbocycles. The Morgan fingerprint density at radius 3 is 2.54 bits per heavy atom. The molecule has 7 heteroatoms. The minimum Gasteiger partial charge on any atom is -0.458 e. The van der Waals surface area contributed by atoms with Gasteiger partial charge in [-0.25, -0.2) is 4.79 Å². The van der Waals surface area contributed by atoms with E-state index in [-0.39, 0.29) is 12.4 Å². The molecule has 0 aliphatic carbocycles. The van der Waals surface area contributed by atoms with Crippen LogP contribution in [0.4, 0.5) is 0 Å². The average Bonchev–Trinajstić information content (AvgIpc) is 2.04. The summed E-state index contributed by atoms with van der Waals surface area (Å²) >= 11 is 0. The number of carbonyl (C=O) groups is 1. The molecule has 0 saturated heterocycles. The number of nitro groups is 1. The van der Waals surface area contributed by atoms with E-state index in [1.54, 1.807) is 6.92 Å². The number of nitrogens with one attached hydrogen (secondary N) is 1. The topological polar surface area (TPSA) is 107 Å². The van der Waals surface area contributed by atoms with Crippen LogP contribution in [0.25, 0.3) is 0 Å². The molecule has 0 heterocycles. The van der Waals surface area contributed by atoms with Crippen molar-refractivity contribution in [3.8, 4) is 0 Å². The number of hydrogen-bond acceptors (Lipinski definition) is 6. The SMILES string of the molecule is CCOC(=O)C(=C(N)NC)[N+](=O)[O-]. The molecule has 0 aromatic rings. The predicted octanol–water partition coefficient (Wildman–Crippen LogP) is -0.827. The Morgan fingerprint density at radius 2 is 2.23 bits per heavy atom. The second kappa shape index (κ2) is 4.96. The van der Waals surface area contributed by atoms with Gasteiger partial charge in [-0.05, 0) is 6.92 Å². The Kier molecular flexibility index (Phi) is 4.28. The van der Waals surface area contributed by atoms with E-state index in [4.69, 9.17) is 5.73 Å². The van der Waals surface area contributed by atoms with Gasteiger partial charge in [-0.15, -0.1) is 0 Å². The average molecular weight is 189 g/mol. The third-order valence-electron chi connectivity index (χ3n) is 1.18. The molecular weight excluding hydrogens is 178 g/mol. The van der Waals surface area contributed by atoms with E-state index in [2.05, 4.69) is 10.1 Å². The Bertz CT molecular complexity index is 248. The number of carbonyl (C=O) groups excluding carboxylic acids is 1. The van der Waals surface area contributed by atoms with Crippen molar-refractivity contribution in [3.05, 3.63) is 21.6 Å². The minimum absolute atomic E-state index is 0.0627. The van der Waals surface area contributed by atoms with Crippen molar-refractivity contribution in [2.45, 2.75) is 6.92 Å². The molecule has 0 aromatic carbocycles. The van der Waals surface area contributed by atoms with Crippen molar-refractivity contribution in [1.82, 2.24) is 5.32 Å². The summed E-state index contributed by atoms with van der Waals surface area (Å²) in [6, 6.07) is 0. The predicted molar refractivity (Wildman–Crippen MR) is 43.9 cm³/mol. The van der Waals surface area contributed by atoms with Crippen LogP contribution in [0, 0.1) is 10.1 Å². The maximum absolute atomic E-state index is 10.9. The number of rotatable bonds is 4. The van der Waals surface area contributed by atoms with Gasteiger partial charge < -0.3 is 15.8 Å². The van der Waals surface area contributed by atoms with Gasteiger partial charge in [0.15, 0.2) is 5.82 Å². The molecule has 0 aliphatic rings. The van der Waals surface area contributed by atoms with Crippen molar-refractivity contribution in [2.24, 2.45) is 5.73 Å². The molecule has 0 bridgehead atoms. The molecule has 7 nitrogen and oxygen atoms in total. The third-order valence-corrected chi connectivity index (χ3v) is 1.18. The van der Waals surface area contributed by atoms with Crippen molar-refractivity contribution in [3.63, 3.8) is 0 Å². The zero-order valence-corrected chi connectivity index (χ0v) is 7.36. The molecule has 3 N–H and O–H groups in total. The summed E-state index contributed by atoms with van der Waals surface area (Å²) in [5, 5.41) is 12.6. The first kappa shape index (κ1) is 11.2. The number of nitrogens with two attached hydrogens (primary N) is 1. The zero-order chi connectivity index (χ0) is 10.4. The number of ether oxygens (including phenoxy) is 1. The van der Waals surface area contributed by atoms with Crippen LogP contribution in [0.2, 0.25) is 0 Å². The van der Waals surface area contributed by atoms with Crippen LogP contribution in [0.15, 0.2) is 11.5 Å². The van der Waals surface area contributed by atoms with Crippen LogP contribution >= 0.6 is 0 Å². The highest BCUT2D eigenvalue weighted by Crippen LogP contribution is 2.00. The standard InChI is InChI=1S/C6H11N3O4/c1-3-13-6(10)4(9(11)12)5(7)8-2/h8H,3,7H2,1-2H3. The lowest BCUT2D eigenvalue weighted by Gasteiger charge is -2.02. The maximum atomic E-state index is 10.9. The van der Waals surface area contributed by atoms with Gasteiger partial charge in [-0.1, -0.05) is 0 Å². The van der Waals surface area contributed by atoms with E-state index >= 15 is 0 Å². The van der Waals surface area contributed by atoms with Crippen LogP contribution < -0.4 is 11.1 Å². The Morgan fingerprint density at radius 1 is 1.69 bits per heavy atom. The van der Waals surface area contributed by atoms with Crippen molar-refractivity contribution in [1.29, 1.82) is 0 Å². The first-order valence-electron chi connectivity index (χ1n) is 3.53. The monoisotopic (exact) mass is 189 g/mol. The molecule has 0 fully saturated rings. The lowest BCUT2D eigenvalue weighted by atomic mass is 10.4. The summed E-state index contributed by atoms with van der Waals surface area (Å²) in [6.07, 6.45) is 0. The van der Waals surface area contributed by atoms with Gasteiger partial charge in [0, 0.05) is 7.05 Å². The van der Waals surface area contributed by atoms with E-state index < -0.39 is 16.6 Å². The normalized spacial score (nSPS) is 11.5. The summed E-state index contributed by atoms with van der Waals surface area (Å²) in [6.45, 7) is 1.61. The van der Waals surface area contributed by atoms with Gasteiger partial charge in [0.1, 0.15) is 0 Å². The lowest BCUT2D eigenvalue weighted by Crippen LogP contribution is -2.26. The maximum Gasteiger partial charge on any atom is 0.413 e. The second-order valence-electron chi connectivity index (χ2n) is 1.99. The number of hydrogen-bond donors (Lipinski definition) is 2. The van der Waals surface area contributed by atoms with E-state index in [1.165, 1.54) is 7.05 Å². The zero-order valence-electron chi connectivity index (χ0n) is 7.36. The summed E-state index contributed by atoms with van der Waals surface area (Å²) in [4.78, 5) is 20.4. The molecule has 0 atom stereocenters. The first-order valence-corrected chi connectivity index (χ1v) is 3.53. The highest BCUT2D eigenvalue weighted by atomic mass is 16.6. The molecule has 74 valence electrons. The van der Waals surface area contributed by atoms with Crippen LogP contribution in [-0.2, 0) is 9.53 Å². The van der Waals surface area contributed by atoms with E-state index in [0.29, 0.717) is 0 Å². The van der Waals surface area contributed by atoms with Crippen LogP contribution in [0.3, 0.4) is 0 Å². The van der Waals surface area contributed by atoms with E-state index in [1.807, 2.05) is 0 Å². The molecule has 0 spiro atoms. The van der Waals surface area contributed by atoms with Crippen molar-refractivity contribution < 1.29 is 14.5 Å². The summed E-state index contributed by atoms with van der Waals surface area (Å²) in [7, 11) is 1.37. The van der Waals surface area contributed by atoms with Gasteiger partial charge in [0.25, 0.3) is 0 Å². The molecule has 0 aromatic heterocycles. The highest BCUT2D eigenvalue weighted by Gasteiger charge is 2.27. The van der Waals surface area contributed by atoms with Crippen molar-refractivity contribution >= 4 is 5.97 Å². The smallest absolute Gasteiger partial charge is 0.413 e. The lowest BCUT2D eigenvalue weighted by molar-refractivity contribution is -0.422. The molecular formula is C6H11N3O4. The third kappa shape index (κ3) is 2.97. The minimum atomic E-state index is -1.04. The van der Waals surface area contributed by atoms with Gasteiger partial charge >= 0.3 is 11.7 Å². The highest BCUT2D eigenvalue weighted by molar-refractivity contribution is 5.86. The van der Waals surface area contributed by atoms with Crippen LogP contribution in [-0.4, -0.2) is 24.5 Å². The molecule has 0 aliphatic heterocycles. The van der Waals surface area contributed by atoms with E-state index in [9.17, 15) is 14.9 Å². The molecule has 0 rings (SSSR count). The number of nitrogens with zero attached hydrogens (tertiary/aromatic N) is 1. The summed E-state index contributed by atoms with van der Waals surface area (Å²) < 4.78 is 4.43. The van der Waals surface area contributed by atoms with Gasteiger partial charge in [-0.2, -0.15) is 0 Å². The fourth-order valence-corrected chi connectivity index (χ4v) is 0.601. The van der Waals surface area contributed by atoms with E-state index in [0.717, 1.165) is 0 Å². The Balaban J connectivity index is 4.82. The largest absolute Gasteiger partial charge is 0.458 e. The molecule has 13 heavy (non-hydrogen) atoms. The van der Waals surface area contributed by atoms with Gasteiger partial charge in [0.05, 0.1) is 11.5 Å². The van der Waals surface area contributed by atoms with Gasteiger partial charge in [0.2, 0.25) is 0 Å². The van der Waals surface area contributed by atoms with Crippen LogP contribution in [0.1, 0.15) is 6.92 Å². The molecule has 0 radical (unpaired) electrons. The van der Waals surface area contributed by atoms with Crippen LogP contribution in [0.5, 0.6) is 0 Å². The summed E-state index contributed by atoms with van der Waals surface area (Å²) in [5.41, 5.74) is 4.40. The first-order chi connectivity index (χ1) is 6.04. The Labute approximate surface area is 74.7 Å². The second-order valence-corrected chi connectivity index (χ2v) is 1.99. The van der Waals surface area contributed by atoms with Gasteiger partial charge in [-0.3, -0.25) is 10.1 Å². The fraction of sp³-hybridized carbons (Fsp3) is 0.500. The molecule has 0 unspecified atom stereocenters. The Hall–Kier alpha value is -1.79. The fourth-order valence-electron chi connectivity index (χ4n) is 0.601. The molecule has 0 amide bonds. The summed E-state index contributed by atoms with van der Waals surface area (Å²) in [5.74, 6) is -1.36. The van der Waals surface area contributed by atoms with Crippen molar-refractivity contribution in [2.75, 3.05) is 13.7 Å². The quantitative estimate of drug-likeness (QED) is 0.259. The number of esters is 1.